The van der Waals surface area contributed by atoms with Gasteiger partial charge < -0.3 is 10.6 Å². The molecule has 2 aliphatic heterocycles. The normalized spacial score (nSPS) is 22.0. The third kappa shape index (κ3) is 4.09. The van der Waals surface area contributed by atoms with Crippen molar-refractivity contribution >= 4 is 17.4 Å². The van der Waals surface area contributed by atoms with Gasteiger partial charge in [-0.05, 0) is 69.9 Å². The average molecular weight is 309 g/mol. The Balaban J connectivity index is 1.48. The monoisotopic (exact) mass is 308 g/mol. The van der Waals surface area contributed by atoms with Gasteiger partial charge in [-0.15, -0.1) is 0 Å². The van der Waals surface area contributed by atoms with Crippen molar-refractivity contribution in [1.29, 1.82) is 0 Å². The smallest absolute Gasteiger partial charge is 0.123 e. The van der Waals surface area contributed by atoms with E-state index >= 15 is 0 Å². The molecule has 0 radical (unpaired) electrons. The van der Waals surface area contributed by atoms with Crippen molar-refractivity contribution in [2.75, 3.05) is 38.5 Å². The average Bonchev–Trinajstić information content (AvgIpc) is 2.98. The summed E-state index contributed by atoms with van der Waals surface area (Å²) in [5, 5.41) is 0.725. The molecule has 3 rings (SSSR count). The molecular weight excluding hydrogens is 284 g/mol. The number of hydrogen-bond donors (Lipinski definition) is 1. The number of likely N-dealkylation sites (tertiary alicyclic amines) is 2. The minimum atomic E-state index is 0.554. The molecule has 2 aliphatic rings. The lowest BCUT2D eigenvalue weighted by molar-refractivity contribution is 0.148. The maximum absolute atomic E-state index is 6.21. The zero-order valence-corrected chi connectivity index (χ0v) is 13.4. The number of nitrogen functional groups attached to an aromatic ring is 1. The van der Waals surface area contributed by atoms with E-state index in [-0.39, 0.29) is 0 Å². The molecule has 3 heterocycles. The Morgan fingerprint density at radius 2 is 1.81 bits per heavy atom. The van der Waals surface area contributed by atoms with E-state index in [9.17, 15) is 0 Å². The molecule has 2 fully saturated rings. The topological polar surface area (TPSA) is 45.4 Å². The molecule has 2 saturated heterocycles. The van der Waals surface area contributed by atoms with Crippen LogP contribution in [0.4, 0.5) is 5.82 Å². The van der Waals surface area contributed by atoms with Crippen molar-refractivity contribution in [3.63, 3.8) is 0 Å². The van der Waals surface area contributed by atoms with E-state index in [2.05, 4.69) is 14.8 Å². The fourth-order valence-electron chi connectivity index (χ4n) is 3.48. The van der Waals surface area contributed by atoms with Gasteiger partial charge in [0.1, 0.15) is 5.82 Å². The van der Waals surface area contributed by atoms with Crippen LogP contribution in [0.25, 0.3) is 0 Å². The summed E-state index contributed by atoms with van der Waals surface area (Å²) >= 11 is 6.21. The van der Waals surface area contributed by atoms with E-state index in [1.807, 2.05) is 6.07 Å². The van der Waals surface area contributed by atoms with Gasteiger partial charge in [-0.1, -0.05) is 11.6 Å². The predicted molar refractivity (Wildman–Crippen MR) is 87.3 cm³/mol. The second-order valence-electron chi connectivity index (χ2n) is 6.39. The molecule has 0 aliphatic carbocycles. The van der Waals surface area contributed by atoms with Gasteiger partial charge in [-0.25, -0.2) is 4.98 Å². The van der Waals surface area contributed by atoms with Crippen molar-refractivity contribution in [1.82, 2.24) is 14.8 Å². The van der Waals surface area contributed by atoms with Crippen LogP contribution >= 0.6 is 11.6 Å². The van der Waals surface area contributed by atoms with Crippen LogP contribution in [0, 0.1) is 5.92 Å². The van der Waals surface area contributed by atoms with Crippen LogP contribution in [-0.2, 0) is 6.54 Å². The number of halogens is 1. The number of nitrogens with two attached hydrogens (primary N) is 1. The lowest BCUT2D eigenvalue weighted by atomic mass is 9.96. The van der Waals surface area contributed by atoms with Crippen molar-refractivity contribution < 1.29 is 0 Å². The second kappa shape index (κ2) is 6.95. The first-order valence-electron chi connectivity index (χ1n) is 8.06. The molecule has 0 saturated carbocycles. The van der Waals surface area contributed by atoms with Crippen molar-refractivity contribution in [3.05, 3.63) is 22.8 Å². The Labute approximate surface area is 132 Å². The number of rotatable bonds is 4. The van der Waals surface area contributed by atoms with E-state index in [1.165, 1.54) is 45.3 Å². The summed E-state index contributed by atoms with van der Waals surface area (Å²) in [4.78, 5) is 9.45. The molecule has 0 spiro atoms. The first-order valence-corrected chi connectivity index (χ1v) is 8.44. The van der Waals surface area contributed by atoms with Crippen LogP contribution in [0.15, 0.2) is 12.1 Å². The third-order valence-electron chi connectivity index (χ3n) is 4.74. The molecule has 116 valence electrons. The molecule has 0 unspecified atom stereocenters. The first kappa shape index (κ1) is 15.1. The summed E-state index contributed by atoms with van der Waals surface area (Å²) in [7, 11) is 0. The number of pyridine rings is 1. The largest absolute Gasteiger partial charge is 0.384 e. The molecule has 21 heavy (non-hydrogen) atoms. The van der Waals surface area contributed by atoms with Gasteiger partial charge in [-0.2, -0.15) is 0 Å². The predicted octanol–water partition coefficient (Wildman–Crippen LogP) is 2.63. The summed E-state index contributed by atoms with van der Waals surface area (Å²) in [5.74, 6) is 1.42. The van der Waals surface area contributed by atoms with E-state index < -0.39 is 0 Å². The molecule has 0 bridgehead atoms. The lowest BCUT2D eigenvalue weighted by Gasteiger charge is -2.33. The van der Waals surface area contributed by atoms with Crippen LogP contribution in [0.1, 0.15) is 31.4 Å². The first-order chi connectivity index (χ1) is 10.2. The lowest BCUT2D eigenvalue weighted by Crippen LogP contribution is -2.37. The van der Waals surface area contributed by atoms with Gasteiger partial charge in [-0.3, -0.25) is 4.90 Å². The van der Waals surface area contributed by atoms with E-state index in [0.717, 1.165) is 36.3 Å². The highest BCUT2D eigenvalue weighted by Crippen LogP contribution is 2.23. The number of anilines is 1. The quantitative estimate of drug-likeness (QED) is 0.929. The Morgan fingerprint density at radius 3 is 2.52 bits per heavy atom. The highest BCUT2D eigenvalue weighted by atomic mass is 35.5. The Bertz CT molecular complexity index is 465. The Morgan fingerprint density at radius 1 is 1.10 bits per heavy atom. The molecule has 1 aromatic rings. The highest BCUT2D eigenvalue weighted by Gasteiger charge is 2.23. The Kier molecular flexibility index (Phi) is 4.99. The molecule has 1 aromatic heterocycles. The zero-order valence-electron chi connectivity index (χ0n) is 12.6. The molecule has 4 nitrogen and oxygen atoms in total. The van der Waals surface area contributed by atoms with Gasteiger partial charge in [0, 0.05) is 13.1 Å². The van der Waals surface area contributed by atoms with Gasteiger partial charge in [0.2, 0.25) is 0 Å². The summed E-state index contributed by atoms with van der Waals surface area (Å²) in [5.41, 5.74) is 6.66. The van der Waals surface area contributed by atoms with E-state index in [1.54, 1.807) is 6.07 Å². The molecule has 0 amide bonds. The maximum atomic E-state index is 6.21. The molecule has 5 heteroatoms. The van der Waals surface area contributed by atoms with Crippen molar-refractivity contribution in [2.24, 2.45) is 5.92 Å². The van der Waals surface area contributed by atoms with E-state index in [4.69, 9.17) is 17.3 Å². The minimum Gasteiger partial charge on any atom is -0.384 e. The second-order valence-corrected chi connectivity index (χ2v) is 6.80. The summed E-state index contributed by atoms with van der Waals surface area (Å²) < 4.78 is 0. The standard InChI is InChI=1S/C16H25ClN4/c17-14-3-4-16(18)19-15(14)12-21-9-5-13(6-10-21)11-20-7-1-2-8-20/h3-4,13H,1-2,5-12H2,(H2,18,19). The van der Waals surface area contributed by atoms with Gasteiger partial charge >= 0.3 is 0 Å². The SMILES string of the molecule is Nc1ccc(Cl)c(CN2CCC(CN3CCCC3)CC2)n1. The summed E-state index contributed by atoms with van der Waals surface area (Å²) in [6.07, 6.45) is 5.35. The van der Waals surface area contributed by atoms with Crippen LogP contribution in [0.5, 0.6) is 0 Å². The number of piperidine rings is 1. The van der Waals surface area contributed by atoms with Crippen LogP contribution in [0.3, 0.4) is 0 Å². The van der Waals surface area contributed by atoms with Crippen molar-refractivity contribution in [3.8, 4) is 0 Å². The zero-order chi connectivity index (χ0) is 14.7. The molecule has 2 N–H and O–H groups in total. The summed E-state index contributed by atoms with van der Waals surface area (Å²) in [6.45, 7) is 7.02. The fourth-order valence-corrected chi connectivity index (χ4v) is 3.65. The molecule has 0 atom stereocenters. The van der Waals surface area contributed by atoms with Crippen molar-refractivity contribution in [2.45, 2.75) is 32.2 Å². The van der Waals surface area contributed by atoms with Crippen LogP contribution in [-0.4, -0.2) is 47.5 Å². The van der Waals surface area contributed by atoms with Gasteiger partial charge in [0.05, 0.1) is 10.7 Å². The fraction of sp³-hybridized carbons (Fsp3) is 0.688. The minimum absolute atomic E-state index is 0.554. The molecule has 0 aromatic carbocycles. The number of hydrogen-bond acceptors (Lipinski definition) is 4. The van der Waals surface area contributed by atoms with Crippen LogP contribution < -0.4 is 5.73 Å². The van der Waals surface area contributed by atoms with Gasteiger partial charge in [0.25, 0.3) is 0 Å². The van der Waals surface area contributed by atoms with E-state index in [0.29, 0.717) is 5.82 Å². The number of nitrogens with zero attached hydrogens (tertiary/aromatic N) is 3. The third-order valence-corrected chi connectivity index (χ3v) is 5.08. The van der Waals surface area contributed by atoms with Crippen LogP contribution in [0.2, 0.25) is 5.02 Å². The van der Waals surface area contributed by atoms with Gasteiger partial charge in [0.15, 0.2) is 0 Å². The summed E-state index contributed by atoms with van der Waals surface area (Å²) in [6, 6.07) is 3.60. The highest BCUT2D eigenvalue weighted by molar-refractivity contribution is 6.31. The molecular formula is C16H25ClN4. The Hall–Kier alpha value is -0.840. The number of aromatic nitrogens is 1. The maximum Gasteiger partial charge on any atom is 0.123 e.